The van der Waals surface area contributed by atoms with Gasteiger partial charge < -0.3 is 15.5 Å². The standard InChI is InChI=1S/C10H10F2N4O/c11-6-3-7(12)5-8(4-6)14-10-16-15-9(17-10)1-2-13/h3-5H,1-2,13H2,(H,14,16). The highest BCUT2D eigenvalue weighted by Crippen LogP contribution is 2.17. The van der Waals surface area contributed by atoms with Gasteiger partial charge in [0.2, 0.25) is 5.89 Å². The van der Waals surface area contributed by atoms with Crippen LogP contribution in [-0.4, -0.2) is 16.7 Å². The fourth-order valence-corrected chi connectivity index (χ4v) is 1.28. The minimum atomic E-state index is -0.686. The summed E-state index contributed by atoms with van der Waals surface area (Å²) in [4.78, 5) is 0. The Morgan fingerprint density at radius 3 is 2.53 bits per heavy atom. The van der Waals surface area contributed by atoms with Crippen LogP contribution in [0.2, 0.25) is 0 Å². The Labute approximate surface area is 95.6 Å². The number of halogens is 2. The minimum Gasteiger partial charge on any atom is -0.408 e. The van der Waals surface area contributed by atoms with Crippen LogP contribution in [0.1, 0.15) is 5.89 Å². The molecule has 1 aromatic carbocycles. The zero-order valence-corrected chi connectivity index (χ0v) is 8.78. The average Bonchev–Trinajstić information content (AvgIpc) is 2.64. The molecular formula is C10H10F2N4O. The van der Waals surface area contributed by atoms with Crippen LogP contribution in [0.5, 0.6) is 0 Å². The van der Waals surface area contributed by atoms with E-state index in [9.17, 15) is 8.78 Å². The molecule has 0 unspecified atom stereocenters. The van der Waals surface area contributed by atoms with Gasteiger partial charge in [-0.25, -0.2) is 8.78 Å². The maximum Gasteiger partial charge on any atom is 0.320 e. The van der Waals surface area contributed by atoms with Gasteiger partial charge in [0, 0.05) is 24.7 Å². The van der Waals surface area contributed by atoms with Crippen LogP contribution < -0.4 is 11.1 Å². The Kier molecular flexibility index (Phi) is 3.29. The molecule has 7 heteroatoms. The van der Waals surface area contributed by atoms with E-state index in [1.165, 1.54) is 0 Å². The maximum atomic E-state index is 12.9. The van der Waals surface area contributed by atoms with Gasteiger partial charge in [0.05, 0.1) is 0 Å². The van der Waals surface area contributed by atoms with Crippen molar-refractivity contribution in [2.75, 3.05) is 11.9 Å². The highest BCUT2D eigenvalue weighted by Gasteiger charge is 2.07. The molecule has 1 aromatic heterocycles. The van der Waals surface area contributed by atoms with Crippen LogP contribution in [0, 0.1) is 11.6 Å². The van der Waals surface area contributed by atoms with Crippen molar-refractivity contribution in [3.05, 3.63) is 35.7 Å². The van der Waals surface area contributed by atoms with Gasteiger partial charge in [-0.2, -0.15) is 0 Å². The summed E-state index contributed by atoms with van der Waals surface area (Å²) in [5.41, 5.74) is 5.51. The first-order valence-electron chi connectivity index (χ1n) is 4.93. The number of hydrogen-bond donors (Lipinski definition) is 2. The monoisotopic (exact) mass is 240 g/mol. The van der Waals surface area contributed by atoms with Crippen molar-refractivity contribution in [2.45, 2.75) is 6.42 Å². The molecule has 0 aliphatic rings. The molecule has 1 heterocycles. The lowest BCUT2D eigenvalue weighted by molar-refractivity contribution is 0.509. The smallest absolute Gasteiger partial charge is 0.320 e. The summed E-state index contributed by atoms with van der Waals surface area (Å²) in [6, 6.07) is 3.09. The van der Waals surface area contributed by atoms with Crippen molar-refractivity contribution in [1.29, 1.82) is 0 Å². The molecule has 0 spiro atoms. The Bertz CT molecular complexity index is 495. The summed E-state index contributed by atoms with van der Waals surface area (Å²) in [6.07, 6.45) is 0.451. The highest BCUT2D eigenvalue weighted by atomic mass is 19.1. The summed E-state index contributed by atoms with van der Waals surface area (Å²) in [5, 5.41) is 9.96. The van der Waals surface area contributed by atoms with Gasteiger partial charge in [0.25, 0.3) is 0 Å². The van der Waals surface area contributed by atoms with E-state index in [1.54, 1.807) is 0 Å². The predicted octanol–water partition coefficient (Wildman–Crippen LogP) is 1.59. The molecule has 0 fully saturated rings. The van der Waals surface area contributed by atoms with Gasteiger partial charge >= 0.3 is 6.01 Å². The molecule has 2 aromatic rings. The van der Waals surface area contributed by atoms with Gasteiger partial charge in [-0.05, 0) is 12.1 Å². The van der Waals surface area contributed by atoms with E-state index < -0.39 is 11.6 Å². The van der Waals surface area contributed by atoms with E-state index >= 15 is 0 Å². The number of nitrogens with one attached hydrogen (secondary N) is 1. The fourth-order valence-electron chi connectivity index (χ4n) is 1.28. The Morgan fingerprint density at radius 1 is 1.18 bits per heavy atom. The van der Waals surface area contributed by atoms with E-state index in [0.717, 1.165) is 18.2 Å². The molecule has 5 nitrogen and oxygen atoms in total. The van der Waals surface area contributed by atoms with Crippen molar-refractivity contribution in [2.24, 2.45) is 5.73 Å². The molecule has 17 heavy (non-hydrogen) atoms. The SMILES string of the molecule is NCCc1nnc(Nc2cc(F)cc(F)c2)o1. The lowest BCUT2D eigenvalue weighted by Gasteiger charge is -2.01. The number of nitrogens with two attached hydrogens (primary N) is 1. The van der Waals surface area contributed by atoms with Crippen molar-refractivity contribution in [3.63, 3.8) is 0 Å². The van der Waals surface area contributed by atoms with Crippen LogP contribution in [0.25, 0.3) is 0 Å². The third-order valence-electron chi connectivity index (χ3n) is 1.94. The first-order valence-corrected chi connectivity index (χ1v) is 4.93. The second-order valence-electron chi connectivity index (χ2n) is 3.32. The number of benzene rings is 1. The fraction of sp³-hybridized carbons (Fsp3) is 0.200. The van der Waals surface area contributed by atoms with Crippen molar-refractivity contribution < 1.29 is 13.2 Å². The number of anilines is 2. The Balaban J connectivity index is 2.13. The lowest BCUT2D eigenvalue weighted by atomic mass is 10.3. The Hall–Kier alpha value is -2.02. The van der Waals surface area contributed by atoms with Gasteiger partial charge in [-0.3, -0.25) is 0 Å². The van der Waals surface area contributed by atoms with Gasteiger partial charge in [-0.1, -0.05) is 5.10 Å². The van der Waals surface area contributed by atoms with Gasteiger partial charge in [-0.15, -0.1) is 5.10 Å². The normalized spacial score (nSPS) is 10.5. The van der Waals surface area contributed by atoms with Crippen LogP contribution in [0.15, 0.2) is 22.6 Å². The molecule has 0 radical (unpaired) electrons. The second kappa shape index (κ2) is 4.88. The van der Waals surface area contributed by atoms with Crippen LogP contribution in [0.4, 0.5) is 20.5 Å². The Morgan fingerprint density at radius 2 is 1.88 bits per heavy atom. The molecular weight excluding hydrogens is 230 g/mol. The van der Waals surface area contributed by atoms with Crippen LogP contribution >= 0.6 is 0 Å². The molecule has 0 saturated heterocycles. The first kappa shape index (κ1) is 11.5. The number of rotatable bonds is 4. The van der Waals surface area contributed by atoms with Crippen LogP contribution in [-0.2, 0) is 6.42 Å². The zero-order valence-electron chi connectivity index (χ0n) is 8.78. The first-order chi connectivity index (χ1) is 8.17. The largest absolute Gasteiger partial charge is 0.408 e. The predicted molar refractivity (Wildman–Crippen MR) is 56.7 cm³/mol. The molecule has 3 N–H and O–H groups in total. The molecule has 0 aliphatic carbocycles. The van der Waals surface area contributed by atoms with E-state index in [2.05, 4.69) is 15.5 Å². The molecule has 0 atom stereocenters. The molecule has 0 aliphatic heterocycles. The third kappa shape index (κ3) is 2.97. The molecule has 2 rings (SSSR count). The van der Waals surface area contributed by atoms with Gasteiger partial charge in [0.1, 0.15) is 11.6 Å². The van der Waals surface area contributed by atoms with Crippen molar-refractivity contribution in [1.82, 2.24) is 10.2 Å². The van der Waals surface area contributed by atoms with E-state index in [1.807, 2.05) is 0 Å². The second-order valence-corrected chi connectivity index (χ2v) is 3.32. The van der Waals surface area contributed by atoms with E-state index in [4.69, 9.17) is 10.2 Å². The summed E-state index contributed by atoms with van der Waals surface area (Å²) < 4.78 is 30.9. The van der Waals surface area contributed by atoms with Crippen LogP contribution in [0.3, 0.4) is 0 Å². The zero-order chi connectivity index (χ0) is 12.3. The molecule has 0 saturated carbocycles. The molecule has 0 bridgehead atoms. The average molecular weight is 240 g/mol. The topological polar surface area (TPSA) is 77.0 Å². The van der Waals surface area contributed by atoms with Gasteiger partial charge in [0.15, 0.2) is 0 Å². The molecule has 90 valence electrons. The molecule has 0 amide bonds. The van der Waals surface area contributed by atoms with Crippen molar-refractivity contribution >= 4 is 11.7 Å². The number of hydrogen-bond acceptors (Lipinski definition) is 5. The maximum absolute atomic E-state index is 12.9. The van der Waals surface area contributed by atoms with Crippen molar-refractivity contribution in [3.8, 4) is 0 Å². The van der Waals surface area contributed by atoms with E-state index in [-0.39, 0.29) is 11.7 Å². The number of nitrogens with zero attached hydrogens (tertiary/aromatic N) is 2. The van der Waals surface area contributed by atoms with E-state index in [0.29, 0.717) is 18.9 Å². The lowest BCUT2D eigenvalue weighted by Crippen LogP contribution is -2.02. The third-order valence-corrected chi connectivity index (χ3v) is 1.94. The quantitative estimate of drug-likeness (QED) is 0.848. The summed E-state index contributed by atoms with van der Waals surface area (Å²) >= 11 is 0. The minimum absolute atomic E-state index is 0.0680. The highest BCUT2D eigenvalue weighted by molar-refractivity contribution is 5.51. The summed E-state index contributed by atoms with van der Waals surface area (Å²) in [6.45, 7) is 0.385. The summed E-state index contributed by atoms with van der Waals surface area (Å²) in [7, 11) is 0. The number of aromatic nitrogens is 2. The summed E-state index contributed by atoms with van der Waals surface area (Å²) in [5.74, 6) is -1.00.